The fraction of sp³-hybridized carbons (Fsp3) is 0.143. The monoisotopic (exact) mass is 319 g/mol. The highest BCUT2D eigenvalue weighted by Crippen LogP contribution is 2.18. The fourth-order valence-electron chi connectivity index (χ4n) is 1.76. The van der Waals surface area contributed by atoms with Crippen molar-refractivity contribution in [2.24, 2.45) is 0 Å². The lowest BCUT2D eigenvalue weighted by Crippen LogP contribution is -2.26. The van der Waals surface area contributed by atoms with Gasteiger partial charge in [0.2, 0.25) is 0 Å². The molecule has 0 radical (unpaired) electrons. The number of aromatic nitrogens is 1. The predicted molar refractivity (Wildman–Crippen MR) is 78.7 cm³/mol. The van der Waals surface area contributed by atoms with Gasteiger partial charge in [0.25, 0.3) is 5.91 Å². The number of rotatable bonds is 3. The van der Waals surface area contributed by atoms with Crippen LogP contribution < -0.4 is 11.1 Å². The predicted octanol–water partition coefficient (Wildman–Crippen LogP) is 2.92. The van der Waals surface area contributed by atoms with E-state index < -0.39 is 0 Å². The zero-order valence-corrected chi connectivity index (χ0v) is 12.0. The van der Waals surface area contributed by atoms with E-state index in [0.29, 0.717) is 11.3 Å². The molecule has 0 spiro atoms. The van der Waals surface area contributed by atoms with Crippen LogP contribution in [-0.2, 0) is 0 Å². The standard InChI is InChI=1S/C14H14BrN3O/c1-9(10-2-4-17-5-3-10)18-14(19)11-6-12(15)8-13(16)7-11/h2-9H,16H2,1H3,(H,18,19)/t9-/m0/s1. The molecule has 0 aliphatic carbocycles. The molecule has 3 N–H and O–H groups in total. The lowest BCUT2D eigenvalue weighted by atomic mass is 10.1. The first-order valence-corrected chi connectivity index (χ1v) is 6.62. The average molecular weight is 320 g/mol. The minimum absolute atomic E-state index is 0.0873. The van der Waals surface area contributed by atoms with Gasteiger partial charge in [0.05, 0.1) is 6.04 Å². The Hall–Kier alpha value is -1.88. The Bertz CT molecular complexity index is 566. The Morgan fingerprint density at radius 2 is 2.00 bits per heavy atom. The Morgan fingerprint density at radius 3 is 2.63 bits per heavy atom. The van der Waals surface area contributed by atoms with Crippen molar-refractivity contribution >= 4 is 27.5 Å². The maximum absolute atomic E-state index is 12.1. The normalized spacial score (nSPS) is 11.9. The Labute approximate surface area is 120 Å². The number of nitrogen functional groups attached to an aromatic ring is 1. The van der Waals surface area contributed by atoms with Crippen molar-refractivity contribution in [3.05, 3.63) is 58.3 Å². The lowest BCUT2D eigenvalue weighted by Gasteiger charge is -2.14. The number of halogens is 1. The molecular formula is C14H14BrN3O. The molecule has 1 amide bonds. The topological polar surface area (TPSA) is 68.0 Å². The molecule has 2 rings (SSSR count). The van der Waals surface area contributed by atoms with E-state index in [1.807, 2.05) is 19.1 Å². The summed E-state index contributed by atoms with van der Waals surface area (Å²) in [5.41, 5.74) is 7.81. The third-order valence-corrected chi connectivity index (χ3v) is 3.19. The molecule has 5 heteroatoms. The van der Waals surface area contributed by atoms with Crippen molar-refractivity contribution in [3.8, 4) is 0 Å². The second-order valence-corrected chi connectivity index (χ2v) is 5.16. The highest BCUT2D eigenvalue weighted by Gasteiger charge is 2.12. The summed E-state index contributed by atoms with van der Waals surface area (Å²) in [5.74, 6) is -0.155. The van der Waals surface area contributed by atoms with Crippen molar-refractivity contribution in [1.82, 2.24) is 10.3 Å². The van der Waals surface area contributed by atoms with E-state index in [1.54, 1.807) is 30.6 Å². The van der Waals surface area contributed by atoms with Gasteiger partial charge in [-0.15, -0.1) is 0 Å². The maximum atomic E-state index is 12.1. The quantitative estimate of drug-likeness (QED) is 0.855. The summed E-state index contributed by atoms with van der Waals surface area (Å²) in [7, 11) is 0. The van der Waals surface area contributed by atoms with Crippen LogP contribution in [0.25, 0.3) is 0 Å². The van der Waals surface area contributed by atoms with Gasteiger partial charge in [-0.05, 0) is 42.8 Å². The zero-order chi connectivity index (χ0) is 13.8. The largest absolute Gasteiger partial charge is 0.399 e. The summed E-state index contributed by atoms with van der Waals surface area (Å²) in [5, 5.41) is 2.92. The van der Waals surface area contributed by atoms with E-state index in [9.17, 15) is 4.79 Å². The summed E-state index contributed by atoms with van der Waals surface area (Å²) in [6.45, 7) is 1.93. The lowest BCUT2D eigenvalue weighted by molar-refractivity contribution is 0.0940. The highest BCUT2D eigenvalue weighted by molar-refractivity contribution is 9.10. The van der Waals surface area contributed by atoms with E-state index in [2.05, 4.69) is 26.2 Å². The molecule has 1 aromatic heterocycles. The first kappa shape index (κ1) is 13.5. The summed E-state index contributed by atoms with van der Waals surface area (Å²) >= 11 is 3.32. The van der Waals surface area contributed by atoms with E-state index in [4.69, 9.17) is 5.73 Å². The molecule has 0 saturated carbocycles. The number of amides is 1. The molecule has 0 saturated heterocycles. The van der Waals surface area contributed by atoms with Gasteiger partial charge in [0.15, 0.2) is 0 Å². The van der Waals surface area contributed by atoms with Crippen molar-refractivity contribution in [3.63, 3.8) is 0 Å². The van der Waals surface area contributed by atoms with Gasteiger partial charge in [-0.2, -0.15) is 0 Å². The third-order valence-electron chi connectivity index (χ3n) is 2.74. The Morgan fingerprint density at radius 1 is 1.32 bits per heavy atom. The molecule has 1 aromatic carbocycles. The van der Waals surface area contributed by atoms with Crippen LogP contribution in [0.5, 0.6) is 0 Å². The summed E-state index contributed by atoms with van der Waals surface area (Å²) in [4.78, 5) is 16.1. The van der Waals surface area contributed by atoms with Crippen LogP contribution in [0.3, 0.4) is 0 Å². The van der Waals surface area contributed by atoms with Gasteiger partial charge in [-0.25, -0.2) is 0 Å². The van der Waals surface area contributed by atoms with Gasteiger partial charge >= 0.3 is 0 Å². The smallest absolute Gasteiger partial charge is 0.251 e. The molecule has 0 bridgehead atoms. The summed E-state index contributed by atoms with van der Waals surface area (Å²) < 4.78 is 0.786. The Kier molecular flexibility index (Phi) is 4.16. The first-order valence-electron chi connectivity index (χ1n) is 5.83. The minimum Gasteiger partial charge on any atom is -0.399 e. The van der Waals surface area contributed by atoms with Gasteiger partial charge in [0, 0.05) is 28.1 Å². The van der Waals surface area contributed by atoms with Crippen LogP contribution >= 0.6 is 15.9 Å². The first-order chi connectivity index (χ1) is 9.06. The number of hydrogen-bond acceptors (Lipinski definition) is 3. The van der Waals surface area contributed by atoms with Gasteiger partial charge in [-0.3, -0.25) is 9.78 Å². The van der Waals surface area contributed by atoms with Crippen molar-refractivity contribution in [2.75, 3.05) is 5.73 Å². The number of anilines is 1. The van der Waals surface area contributed by atoms with Crippen molar-refractivity contribution in [2.45, 2.75) is 13.0 Å². The van der Waals surface area contributed by atoms with Crippen LogP contribution in [0.2, 0.25) is 0 Å². The second kappa shape index (κ2) is 5.84. The van der Waals surface area contributed by atoms with Crippen LogP contribution in [0, 0.1) is 0 Å². The molecule has 0 aliphatic heterocycles. The highest BCUT2D eigenvalue weighted by atomic mass is 79.9. The van der Waals surface area contributed by atoms with Crippen LogP contribution in [0.1, 0.15) is 28.9 Å². The molecule has 98 valence electrons. The molecule has 0 aliphatic rings. The molecule has 4 nitrogen and oxygen atoms in total. The van der Waals surface area contributed by atoms with Gasteiger partial charge in [-0.1, -0.05) is 15.9 Å². The molecule has 1 atom stereocenters. The molecule has 0 unspecified atom stereocenters. The number of carbonyl (C=O) groups excluding carboxylic acids is 1. The zero-order valence-electron chi connectivity index (χ0n) is 10.4. The van der Waals surface area contributed by atoms with Gasteiger partial charge < -0.3 is 11.1 Å². The van der Waals surface area contributed by atoms with Crippen LogP contribution in [0.4, 0.5) is 5.69 Å². The summed E-state index contributed by atoms with van der Waals surface area (Å²) in [6, 6.07) is 8.81. The van der Waals surface area contributed by atoms with E-state index >= 15 is 0 Å². The average Bonchev–Trinajstić information content (AvgIpc) is 2.38. The summed E-state index contributed by atoms with van der Waals surface area (Å²) in [6.07, 6.45) is 3.41. The maximum Gasteiger partial charge on any atom is 0.251 e. The number of pyridine rings is 1. The minimum atomic E-state index is -0.155. The SMILES string of the molecule is C[C@H](NC(=O)c1cc(N)cc(Br)c1)c1ccncc1. The van der Waals surface area contributed by atoms with E-state index in [-0.39, 0.29) is 11.9 Å². The molecule has 0 fully saturated rings. The number of hydrogen-bond donors (Lipinski definition) is 2. The van der Waals surface area contributed by atoms with Crippen molar-refractivity contribution in [1.29, 1.82) is 0 Å². The molecule has 2 aromatic rings. The van der Waals surface area contributed by atoms with E-state index in [1.165, 1.54) is 0 Å². The number of nitrogens with zero attached hydrogens (tertiary/aromatic N) is 1. The van der Waals surface area contributed by atoms with E-state index in [0.717, 1.165) is 10.0 Å². The van der Waals surface area contributed by atoms with Crippen molar-refractivity contribution < 1.29 is 4.79 Å². The Balaban J connectivity index is 2.13. The number of carbonyl (C=O) groups is 1. The van der Waals surface area contributed by atoms with Crippen LogP contribution in [0.15, 0.2) is 47.2 Å². The molecule has 1 heterocycles. The van der Waals surface area contributed by atoms with Crippen LogP contribution in [-0.4, -0.2) is 10.9 Å². The third kappa shape index (κ3) is 3.54. The number of benzene rings is 1. The fourth-order valence-corrected chi connectivity index (χ4v) is 2.27. The number of nitrogens with one attached hydrogen (secondary N) is 1. The van der Waals surface area contributed by atoms with Gasteiger partial charge in [0.1, 0.15) is 0 Å². The number of nitrogens with two attached hydrogens (primary N) is 1. The molecule has 19 heavy (non-hydrogen) atoms. The second-order valence-electron chi connectivity index (χ2n) is 4.25. The molecular weight excluding hydrogens is 306 g/mol.